The largest absolute Gasteiger partial charge is 0.492 e. The number of nitrogens with one attached hydrogen (secondary N) is 1. The fourth-order valence-electron chi connectivity index (χ4n) is 1.52. The monoisotopic (exact) mass is 243 g/mol. The molecule has 0 saturated heterocycles. The summed E-state index contributed by atoms with van der Waals surface area (Å²) < 4.78 is 6.40. The van der Waals surface area contributed by atoms with E-state index in [1.807, 2.05) is 6.07 Å². The Balaban J connectivity index is 2.37. The molecule has 0 aliphatic carbocycles. The van der Waals surface area contributed by atoms with Gasteiger partial charge in [-0.2, -0.15) is 0 Å². The first kappa shape index (κ1) is 8.99. The summed E-state index contributed by atoms with van der Waals surface area (Å²) in [6.07, 6.45) is 0.952. The molecule has 1 heterocycles. The van der Waals surface area contributed by atoms with E-state index in [0.29, 0.717) is 6.54 Å². The summed E-state index contributed by atoms with van der Waals surface area (Å²) >= 11 is 3.43. The van der Waals surface area contributed by atoms with Crippen LogP contribution in [0.5, 0.6) is 5.75 Å². The van der Waals surface area contributed by atoms with Crippen molar-refractivity contribution in [2.24, 2.45) is 0 Å². The summed E-state index contributed by atoms with van der Waals surface area (Å²) in [5, 5.41) is 8.56. The molecule has 0 amide bonds. The van der Waals surface area contributed by atoms with E-state index in [-0.39, 0.29) is 0 Å². The van der Waals surface area contributed by atoms with Gasteiger partial charge in [-0.05, 0) is 33.1 Å². The predicted molar refractivity (Wildman–Crippen MR) is 52.0 cm³/mol. The summed E-state index contributed by atoms with van der Waals surface area (Å²) in [7, 11) is 0. The summed E-state index contributed by atoms with van der Waals surface area (Å²) in [4.78, 5) is 0. The van der Waals surface area contributed by atoms with Crippen LogP contribution in [0.2, 0.25) is 0 Å². The molecule has 0 aromatic heterocycles. The van der Waals surface area contributed by atoms with Crippen LogP contribution in [-0.4, -0.2) is 11.8 Å². The lowest BCUT2D eigenvalue weighted by Crippen LogP contribution is -2.06. The van der Waals surface area contributed by atoms with Gasteiger partial charge in [0, 0.05) is 13.0 Å². The second-order valence-electron chi connectivity index (χ2n) is 3.00. The molecule has 0 radical (unpaired) electrons. The fourth-order valence-corrected chi connectivity index (χ4v) is 2.18. The van der Waals surface area contributed by atoms with Gasteiger partial charge in [-0.15, -0.1) is 0 Å². The van der Waals surface area contributed by atoms with Gasteiger partial charge in [-0.3, -0.25) is 0 Å². The van der Waals surface area contributed by atoms with Crippen LogP contribution in [0.3, 0.4) is 0 Å². The topological polar surface area (TPSA) is 41.5 Å². The van der Waals surface area contributed by atoms with Crippen LogP contribution in [0.25, 0.3) is 0 Å². The molecule has 1 aromatic carbocycles. The molecular weight excluding hydrogens is 234 g/mol. The Hall–Kier alpha value is -0.580. The van der Waals surface area contributed by atoms with Gasteiger partial charge in [-0.1, -0.05) is 6.07 Å². The third-order valence-electron chi connectivity index (χ3n) is 2.08. The summed E-state index contributed by atoms with van der Waals surface area (Å²) in [5.74, 6) is 0.946. The molecule has 4 heteroatoms. The average Bonchev–Trinajstić information content (AvgIpc) is 2.53. The Morgan fingerprint density at radius 2 is 2.38 bits per heavy atom. The Morgan fingerprint density at radius 1 is 1.54 bits per heavy atom. The molecule has 0 bridgehead atoms. The number of hydrogen-bond acceptors (Lipinski definition) is 3. The third-order valence-corrected chi connectivity index (χ3v) is 2.67. The van der Waals surface area contributed by atoms with Crippen LogP contribution in [-0.2, 0) is 13.0 Å². The van der Waals surface area contributed by atoms with Crippen molar-refractivity contribution in [2.45, 2.75) is 13.0 Å². The summed E-state index contributed by atoms with van der Waals surface area (Å²) in [5.41, 5.74) is 4.40. The van der Waals surface area contributed by atoms with Crippen molar-refractivity contribution < 1.29 is 9.94 Å². The highest BCUT2D eigenvalue weighted by molar-refractivity contribution is 9.10. The Labute approximate surface area is 84.8 Å². The lowest BCUT2D eigenvalue weighted by atomic mass is 10.1. The van der Waals surface area contributed by atoms with E-state index in [9.17, 15) is 0 Å². The van der Waals surface area contributed by atoms with Gasteiger partial charge in [0.25, 0.3) is 0 Å². The number of hydrogen-bond donors (Lipinski definition) is 2. The van der Waals surface area contributed by atoms with Crippen LogP contribution in [0.4, 0.5) is 0 Å². The van der Waals surface area contributed by atoms with Crippen LogP contribution >= 0.6 is 15.9 Å². The Bertz CT molecular complexity index is 328. The van der Waals surface area contributed by atoms with Crippen molar-refractivity contribution in [1.82, 2.24) is 5.48 Å². The van der Waals surface area contributed by atoms with E-state index in [2.05, 4.69) is 27.5 Å². The highest BCUT2D eigenvalue weighted by Gasteiger charge is 2.15. The van der Waals surface area contributed by atoms with Gasteiger partial charge < -0.3 is 9.94 Å². The second kappa shape index (κ2) is 3.65. The first-order valence-electron chi connectivity index (χ1n) is 4.12. The van der Waals surface area contributed by atoms with Crippen molar-refractivity contribution in [2.75, 3.05) is 6.61 Å². The van der Waals surface area contributed by atoms with Gasteiger partial charge >= 0.3 is 0 Å². The van der Waals surface area contributed by atoms with E-state index in [1.54, 1.807) is 0 Å². The van der Waals surface area contributed by atoms with Gasteiger partial charge in [0.15, 0.2) is 0 Å². The van der Waals surface area contributed by atoms with Gasteiger partial charge in [-0.25, -0.2) is 5.48 Å². The standard InChI is InChI=1S/C9H10BrNO2/c10-8-4-6(5-11-12)3-7-1-2-13-9(7)8/h3-4,11-12H,1-2,5H2. The van der Waals surface area contributed by atoms with Gasteiger partial charge in [0.05, 0.1) is 11.1 Å². The maximum Gasteiger partial charge on any atom is 0.136 e. The summed E-state index contributed by atoms with van der Waals surface area (Å²) in [6, 6.07) is 4.00. The van der Waals surface area contributed by atoms with Gasteiger partial charge in [0.1, 0.15) is 5.75 Å². The number of rotatable bonds is 2. The van der Waals surface area contributed by atoms with Crippen LogP contribution in [0.1, 0.15) is 11.1 Å². The van der Waals surface area contributed by atoms with Crippen LogP contribution in [0, 0.1) is 0 Å². The third kappa shape index (κ3) is 1.70. The lowest BCUT2D eigenvalue weighted by Gasteiger charge is -2.05. The zero-order valence-electron chi connectivity index (χ0n) is 7.01. The normalized spacial score (nSPS) is 14.0. The van der Waals surface area contributed by atoms with Crippen LogP contribution < -0.4 is 10.2 Å². The van der Waals surface area contributed by atoms with Crippen molar-refractivity contribution in [1.29, 1.82) is 0 Å². The molecular formula is C9H10BrNO2. The molecule has 0 spiro atoms. The van der Waals surface area contributed by atoms with E-state index in [0.717, 1.165) is 28.8 Å². The average molecular weight is 244 g/mol. The number of ether oxygens (including phenoxy) is 1. The molecule has 0 saturated carbocycles. The number of halogens is 1. The van der Waals surface area contributed by atoms with E-state index in [4.69, 9.17) is 9.94 Å². The molecule has 1 aliphatic rings. The smallest absolute Gasteiger partial charge is 0.136 e. The molecule has 3 nitrogen and oxygen atoms in total. The molecule has 0 fully saturated rings. The van der Waals surface area contributed by atoms with Crippen molar-refractivity contribution >= 4 is 15.9 Å². The van der Waals surface area contributed by atoms with E-state index < -0.39 is 0 Å². The van der Waals surface area contributed by atoms with E-state index >= 15 is 0 Å². The fraction of sp³-hybridized carbons (Fsp3) is 0.333. The highest BCUT2D eigenvalue weighted by atomic mass is 79.9. The highest BCUT2D eigenvalue weighted by Crippen LogP contribution is 2.34. The van der Waals surface area contributed by atoms with Crippen molar-refractivity contribution in [3.8, 4) is 5.75 Å². The Morgan fingerprint density at radius 3 is 3.15 bits per heavy atom. The first-order chi connectivity index (χ1) is 6.31. The lowest BCUT2D eigenvalue weighted by molar-refractivity contribution is 0.161. The zero-order chi connectivity index (χ0) is 9.26. The first-order valence-corrected chi connectivity index (χ1v) is 4.91. The number of benzene rings is 1. The maximum atomic E-state index is 8.56. The van der Waals surface area contributed by atoms with E-state index in [1.165, 1.54) is 5.56 Å². The molecule has 2 rings (SSSR count). The van der Waals surface area contributed by atoms with Crippen molar-refractivity contribution in [3.05, 3.63) is 27.7 Å². The molecule has 0 atom stereocenters. The molecule has 70 valence electrons. The maximum absolute atomic E-state index is 8.56. The molecule has 13 heavy (non-hydrogen) atoms. The molecule has 2 N–H and O–H groups in total. The minimum atomic E-state index is 0.464. The summed E-state index contributed by atoms with van der Waals surface area (Å²) in [6.45, 7) is 1.22. The SMILES string of the molecule is ONCc1cc(Br)c2c(c1)CCO2. The number of fused-ring (bicyclic) bond motifs is 1. The minimum absolute atomic E-state index is 0.464. The Kier molecular flexibility index (Phi) is 2.53. The van der Waals surface area contributed by atoms with Crippen LogP contribution in [0.15, 0.2) is 16.6 Å². The second-order valence-corrected chi connectivity index (χ2v) is 3.85. The molecule has 0 unspecified atom stereocenters. The quantitative estimate of drug-likeness (QED) is 0.780. The number of hydroxylamine groups is 1. The molecule has 1 aromatic rings. The minimum Gasteiger partial charge on any atom is -0.492 e. The van der Waals surface area contributed by atoms with Crippen molar-refractivity contribution in [3.63, 3.8) is 0 Å². The predicted octanol–water partition coefficient (Wildman–Crippen LogP) is 1.86. The zero-order valence-corrected chi connectivity index (χ0v) is 8.60. The molecule has 1 aliphatic heterocycles. The van der Waals surface area contributed by atoms with Gasteiger partial charge in [0.2, 0.25) is 0 Å².